The normalized spacial score (nSPS) is 17.2. The van der Waals surface area contributed by atoms with Crippen LogP contribution in [0.5, 0.6) is 0 Å². The Morgan fingerprint density at radius 3 is 1.84 bits per heavy atom. The van der Waals surface area contributed by atoms with Gasteiger partial charge in [0.25, 0.3) is 0 Å². The van der Waals surface area contributed by atoms with Crippen LogP contribution in [0.2, 0.25) is 5.54 Å². The molecule has 0 amide bonds. The molecule has 0 spiro atoms. The van der Waals surface area contributed by atoms with Gasteiger partial charge in [0.2, 0.25) is 0 Å². The van der Waals surface area contributed by atoms with Crippen molar-refractivity contribution in [3.8, 4) is 0 Å². The second-order valence-electron chi connectivity index (χ2n) is 5.07. The Hall–Kier alpha value is 0.0169. The van der Waals surface area contributed by atoms with Crippen LogP contribution in [0.4, 0.5) is 0 Å². The van der Waals surface area contributed by atoms with E-state index in [2.05, 4.69) is 13.8 Å². The molecule has 0 aliphatic rings. The monoisotopic (exact) mass is 292 g/mol. The van der Waals surface area contributed by atoms with Gasteiger partial charge in [0.05, 0.1) is 0 Å². The summed E-state index contributed by atoms with van der Waals surface area (Å²) in [7, 11) is -1.02. The molecule has 0 heterocycles. The molecule has 0 aliphatic heterocycles. The average Bonchev–Trinajstić information content (AvgIpc) is 2.43. The number of rotatable bonds is 11. The molecule has 0 aromatic rings. The number of hydrogen-bond donors (Lipinski definition) is 2. The van der Waals surface area contributed by atoms with Crippen LogP contribution in [0, 0.1) is 11.8 Å². The van der Waals surface area contributed by atoms with E-state index >= 15 is 0 Å². The standard InChI is InChI=1S/C13H32N2O3Si/c1-6-17-19(16-5,18-7-2)13(12(4)10-15)8-11(3)9-14/h11-13H,6-10,14-15H2,1-5H3. The highest BCUT2D eigenvalue weighted by atomic mass is 28.4. The smallest absolute Gasteiger partial charge is 0.377 e. The van der Waals surface area contributed by atoms with Gasteiger partial charge in [-0.25, -0.2) is 0 Å². The Kier molecular flexibility index (Phi) is 9.86. The lowest BCUT2D eigenvalue weighted by Gasteiger charge is -2.38. The van der Waals surface area contributed by atoms with Crippen LogP contribution in [0.25, 0.3) is 0 Å². The van der Waals surface area contributed by atoms with Crippen molar-refractivity contribution in [3.63, 3.8) is 0 Å². The first-order chi connectivity index (χ1) is 9.01. The zero-order valence-electron chi connectivity index (χ0n) is 13.1. The van der Waals surface area contributed by atoms with E-state index in [4.69, 9.17) is 24.7 Å². The zero-order chi connectivity index (χ0) is 14.9. The van der Waals surface area contributed by atoms with Gasteiger partial charge in [-0.15, -0.1) is 0 Å². The van der Waals surface area contributed by atoms with Crippen molar-refractivity contribution in [3.05, 3.63) is 0 Å². The van der Waals surface area contributed by atoms with Crippen molar-refractivity contribution in [2.24, 2.45) is 23.3 Å². The molecule has 3 atom stereocenters. The summed E-state index contributed by atoms with van der Waals surface area (Å²) in [5, 5.41) is 0. The van der Waals surface area contributed by atoms with E-state index in [0.29, 0.717) is 38.1 Å². The van der Waals surface area contributed by atoms with Gasteiger partial charge < -0.3 is 24.7 Å². The van der Waals surface area contributed by atoms with Crippen molar-refractivity contribution >= 4 is 8.80 Å². The largest absolute Gasteiger partial charge is 0.504 e. The second-order valence-corrected chi connectivity index (χ2v) is 8.00. The lowest BCUT2D eigenvalue weighted by Crippen LogP contribution is -2.53. The zero-order valence-corrected chi connectivity index (χ0v) is 14.1. The van der Waals surface area contributed by atoms with Gasteiger partial charge >= 0.3 is 8.80 Å². The van der Waals surface area contributed by atoms with Crippen LogP contribution in [0.15, 0.2) is 0 Å². The fourth-order valence-corrected chi connectivity index (χ4v) is 5.73. The Bertz CT molecular complexity index is 226. The summed E-state index contributed by atoms with van der Waals surface area (Å²) in [6.45, 7) is 10.6. The van der Waals surface area contributed by atoms with Crippen LogP contribution in [-0.2, 0) is 13.3 Å². The third-order valence-corrected chi connectivity index (χ3v) is 7.21. The highest BCUT2D eigenvalue weighted by molar-refractivity contribution is 6.62. The van der Waals surface area contributed by atoms with Crippen molar-refractivity contribution < 1.29 is 13.3 Å². The van der Waals surface area contributed by atoms with E-state index in [1.807, 2.05) is 13.8 Å². The van der Waals surface area contributed by atoms with Gasteiger partial charge in [-0.3, -0.25) is 0 Å². The van der Waals surface area contributed by atoms with E-state index in [1.165, 1.54) is 0 Å². The Labute approximate surface area is 119 Å². The first-order valence-corrected chi connectivity index (χ1v) is 9.04. The molecule has 0 saturated carbocycles. The predicted octanol–water partition coefficient (Wildman–Crippen LogP) is 1.59. The molecule has 5 nitrogen and oxygen atoms in total. The fraction of sp³-hybridized carbons (Fsp3) is 1.00. The van der Waals surface area contributed by atoms with Gasteiger partial charge in [-0.2, -0.15) is 0 Å². The maximum atomic E-state index is 5.95. The lowest BCUT2D eigenvalue weighted by atomic mass is 9.97. The van der Waals surface area contributed by atoms with Crippen molar-refractivity contribution in [1.82, 2.24) is 0 Å². The molecular weight excluding hydrogens is 260 g/mol. The molecule has 0 saturated heterocycles. The quantitative estimate of drug-likeness (QED) is 0.565. The number of nitrogens with two attached hydrogens (primary N) is 2. The molecule has 0 aromatic carbocycles. The highest BCUT2D eigenvalue weighted by Gasteiger charge is 2.50. The van der Waals surface area contributed by atoms with Crippen molar-refractivity contribution in [1.29, 1.82) is 0 Å². The summed E-state index contributed by atoms with van der Waals surface area (Å²) >= 11 is 0. The van der Waals surface area contributed by atoms with Crippen LogP contribution in [0.3, 0.4) is 0 Å². The molecule has 0 radical (unpaired) electrons. The Morgan fingerprint density at radius 1 is 1.00 bits per heavy atom. The third kappa shape index (κ3) is 5.49. The minimum absolute atomic E-state index is 0.195. The van der Waals surface area contributed by atoms with E-state index < -0.39 is 8.80 Å². The molecule has 4 N–H and O–H groups in total. The van der Waals surface area contributed by atoms with Gasteiger partial charge in [0, 0.05) is 25.9 Å². The van der Waals surface area contributed by atoms with Crippen molar-refractivity contribution in [2.45, 2.75) is 39.7 Å². The van der Waals surface area contributed by atoms with Crippen molar-refractivity contribution in [2.75, 3.05) is 33.4 Å². The van der Waals surface area contributed by atoms with E-state index in [9.17, 15) is 0 Å². The minimum Gasteiger partial charge on any atom is -0.377 e. The second kappa shape index (κ2) is 9.85. The predicted molar refractivity (Wildman–Crippen MR) is 80.8 cm³/mol. The van der Waals surface area contributed by atoms with Gasteiger partial charge in [-0.1, -0.05) is 13.8 Å². The van der Waals surface area contributed by atoms with Gasteiger partial charge in [0.15, 0.2) is 0 Å². The molecule has 19 heavy (non-hydrogen) atoms. The fourth-order valence-electron chi connectivity index (χ4n) is 2.35. The lowest BCUT2D eigenvalue weighted by molar-refractivity contribution is 0.0656. The molecule has 0 aliphatic carbocycles. The van der Waals surface area contributed by atoms with Crippen LogP contribution < -0.4 is 11.5 Å². The molecule has 116 valence electrons. The molecule has 0 bridgehead atoms. The van der Waals surface area contributed by atoms with Gasteiger partial charge in [-0.05, 0) is 45.2 Å². The van der Waals surface area contributed by atoms with Crippen LogP contribution in [-0.4, -0.2) is 42.2 Å². The molecule has 0 fully saturated rings. The molecule has 0 rings (SSSR count). The van der Waals surface area contributed by atoms with Crippen LogP contribution >= 0.6 is 0 Å². The summed E-state index contributed by atoms with van der Waals surface area (Å²) in [5.41, 5.74) is 11.8. The maximum absolute atomic E-state index is 5.95. The summed E-state index contributed by atoms with van der Waals surface area (Å²) in [6.07, 6.45) is 0.926. The molecular formula is C13H32N2O3Si. The molecule has 0 aromatic heterocycles. The number of hydrogen-bond acceptors (Lipinski definition) is 5. The Balaban J connectivity index is 5.19. The SMILES string of the molecule is CCO[Si](OC)(OCC)C(CC(C)CN)C(C)CN. The average molecular weight is 292 g/mol. The Morgan fingerprint density at radius 2 is 1.53 bits per heavy atom. The topological polar surface area (TPSA) is 79.7 Å². The van der Waals surface area contributed by atoms with E-state index in [0.717, 1.165) is 6.42 Å². The molecule has 6 heteroatoms. The van der Waals surface area contributed by atoms with E-state index in [1.54, 1.807) is 7.11 Å². The summed E-state index contributed by atoms with van der Waals surface area (Å²) in [5.74, 6) is 0.695. The maximum Gasteiger partial charge on any atom is 0.504 e. The first kappa shape index (κ1) is 19.0. The summed E-state index contributed by atoms with van der Waals surface area (Å²) in [6, 6.07) is 0. The highest BCUT2D eigenvalue weighted by Crippen LogP contribution is 2.37. The van der Waals surface area contributed by atoms with E-state index in [-0.39, 0.29) is 5.54 Å². The molecule has 3 unspecified atom stereocenters. The minimum atomic E-state index is -2.70. The summed E-state index contributed by atoms with van der Waals surface area (Å²) < 4.78 is 17.6. The third-order valence-electron chi connectivity index (χ3n) is 3.55. The van der Waals surface area contributed by atoms with Crippen LogP contribution in [0.1, 0.15) is 34.1 Å². The first-order valence-electron chi connectivity index (χ1n) is 7.24. The summed E-state index contributed by atoms with van der Waals surface area (Å²) in [4.78, 5) is 0. The van der Waals surface area contributed by atoms with Gasteiger partial charge in [0.1, 0.15) is 0 Å².